The van der Waals surface area contributed by atoms with Gasteiger partial charge in [0.25, 0.3) is 0 Å². The van der Waals surface area contributed by atoms with Crippen LogP contribution in [-0.2, 0) is 20.0 Å². The van der Waals surface area contributed by atoms with Crippen molar-refractivity contribution in [2.24, 2.45) is 0 Å². The lowest BCUT2D eigenvalue weighted by Gasteiger charge is -2.41. The minimum Gasteiger partial charge on any atom is -0.302 e. The molecular weight excluding hydrogens is 334 g/mol. The molecule has 2 fully saturated rings. The highest BCUT2D eigenvalue weighted by molar-refractivity contribution is 7.93. The third kappa shape index (κ3) is 3.68. The number of hydrogen-bond acceptors (Lipinski definition) is 4. The fourth-order valence-electron chi connectivity index (χ4n) is 4.44. The van der Waals surface area contributed by atoms with Crippen molar-refractivity contribution in [3.05, 3.63) is 35.4 Å². The van der Waals surface area contributed by atoms with Crippen molar-refractivity contribution < 1.29 is 13.2 Å². The standard InChI is InChI=1S/C20H29NO3S/c1-20(2,3)18-9-5-4-8-17(18)19-10-6-7-11-21(19)15-12-16(13-22)25(23,24)14-15/h4-5,8-9,13,15-16,19H,6-7,10-12,14H2,1-3H3. The molecule has 2 heterocycles. The monoisotopic (exact) mass is 363 g/mol. The van der Waals surface area contributed by atoms with Gasteiger partial charge in [-0.3, -0.25) is 4.90 Å². The molecule has 0 aliphatic carbocycles. The van der Waals surface area contributed by atoms with Crippen LogP contribution in [0.2, 0.25) is 0 Å². The number of sulfone groups is 1. The predicted octanol–water partition coefficient (Wildman–Crippen LogP) is 3.27. The topological polar surface area (TPSA) is 54.5 Å². The van der Waals surface area contributed by atoms with Gasteiger partial charge in [0.05, 0.1) is 5.75 Å². The summed E-state index contributed by atoms with van der Waals surface area (Å²) in [6.07, 6.45) is 4.37. The second-order valence-electron chi connectivity index (χ2n) is 8.48. The molecule has 0 amide bonds. The van der Waals surface area contributed by atoms with Crippen LogP contribution in [0, 0.1) is 0 Å². The molecule has 0 radical (unpaired) electrons. The lowest BCUT2D eigenvalue weighted by Crippen LogP contribution is -2.43. The van der Waals surface area contributed by atoms with Gasteiger partial charge in [-0.05, 0) is 42.3 Å². The van der Waals surface area contributed by atoms with Crippen LogP contribution in [0.1, 0.15) is 63.6 Å². The Morgan fingerprint density at radius 2 is 1.88 bits per heavy atom. The molecule has 0 spiro atoms. The molecule has 138 valence electrons. The molecule has 5 heteroatoms. The summed E-state index contributed by atoms with van der Waals surface area (Å²) < 4.78 is 24.5. The van der Waals surface area contributed by atoms with E-state index in [1.54, 1.807) is 0 Å². The Morgan fingerprint density at radius 3 is 2.52 bits per heavy atom. The van der Waals surface area contributed by atoms with E-state index < -0.39 is 15.1 Å². The number of benzene rings is 1. The summed E-state index contributed by atoms with van der Waals surface area (Å²) >= 11 is 0. The maximum Gasteiger partial charge on any atom is 0.161 e. The summed E-state index contributed by atoms with van der Waals surface area (Å²) in [5.41, 5.74) is 2.70. The minimum absolute atomic E-state index is 0.0430. The summed E-state index contributed by atoms with van der Waals surface area (Å²) in [6.45, 7) is 7.58. The van der Waals surface area contributed by atoms with E-state index in [-0.39, 0.29) is 23.3 Å². The van der Waals surface area contributed by atoms with Crippen LogP contribution >= 0.6 is 0 Å². The molecule has 3 atom stereocenters. The third-order valence-corrected chi connectivity index (χ3v) is 7.76. The van der Waals surface area contributed by atoms with Gasteiger partial charge < -0.3 is 4.79 Å². The van der Waals surface area contributed by atoms with Crippen LogP contribution in [0.5, 0.6) is 0 Å². The molecule has 0 N–H and O–H groups in total. The number of aldehydes is 1. The molecule has 3 rings (SSSR count). The first-order chi connectivity index (χ1) is 11.7. The number of carbonyl (C=O) groups is 1. The molecular formula is C20H29NO3S. The quantitative estimate of drug-likeness (QED) is 0.774. The normalized spacial score (nSPS) is 30.3. The van der Waals surface area contributed by atoms with Crippen LogP contribution in [0.25, 0.3) is 0 Å². The Kier molecular flexibility index (Phi) is 5.09. The molecule has 0 aromatic heterocycles. The summed E-state index contributed by atoms with van der Waals surface area (Å²) in [6, 6.07) is 8.76. The van der Waals surface area contributed by atoms with Crippen molar-refractivity contribution >= 4 is 16.1 Å². The highest BCUT2D eigenvalue weighted by atomic mass is 32.2. The smallest absolute Gasteiger partial charge is 0.161 e. The van der Waals surface area contributed by atoms with E-state index in [0.717, 1.165) is 25.8 Å². The Balaban J connectivity index is 1.95. The summed E-state index contributed by atoms with van der Waals surface area (Å²) in [4.78, 5) is 13.6. The zero-order valence-electron chi connectivity index (χ0n) is 15.4. The number of rotatable bonds is 3. The molecule has 1 aromatic carbocycles. The lowest BCUT2D eigenvalue weighted by molar-refractivity contribution is -0.107. The Bertz CT molecular complexity index is 736. The van der Waals surface area contributed by atoms with E-state index in [4.69, 9.17) is 0 Å². The first-order valence-electron chi connectivity index (χ1n) is 9.26. The van der Waals surface area contributed by atoms with Gasteiger partial charge in [0.1, 0.15) is 11.5 Å². The molecule has 2 saturated heterocycles. The summed E-state index contributed by atoms with van der Waals surface area (Å²) in [7, 11) is -3.29. The number of likely N-dealkylation sites (tertiary alicyclic amines) is 1. The van der Waals surface area contributed by atoms with Crippen LogP contribution in [0.4, 0.5) is 0 Å². The highest BCUT2D eigenvalue weighted by Crippen LogP contribution is 2.40. The van der Waals surface area contributed by atoms with Crippen LogP contribution in [0.15, 0.2) is 24.3 Å². The lowest BCUT2D eigenvalue weighted by atomic mass is 9.79. The first kappa shape index (κ1) is 18.6. The zero-order chi connectivity index (χ0) is 18.2. The van der Waals surface area contributed by atoms with Gasteiger partial charge in [-0.25, -0.2) is 8.42 Å². The van der Waals surface area contributed by atoms with E-state index in [0.29, 0.717) is 12.7 Å². The second-order valence-corrected chi connectivity index (χ2v) is 10.7. The largest absolute Gasteiger partial charge is 0.302 e. The predicted molar refractivity (Wildman–Crippen MR) is 100 cm³/mol. The average molecular weight is 364 g/mol. The van der Waals surface area contributed by atoms with Crippen molar-refractivity contribution in [2.75, 3.05) is 12.3 Å². The van der Waals surface area contributed by atoms with Gasteiger partial charge in [0.15, 0.2) is 9.84 Å². The zero-order valence-corrected chi connectivity index (χ0v) is 16.3. The van der Waals surface area contributed by atoms with Crippen molar-refractivity contribution in [2.45, 2.75) is 69.2 Å². The van der Waals surface area contributed by atoms with Gasteiger partial charge in [-0.15, -0.1) is 0 Å². The Labute approximate surface area is 151 Å². The average Bonchev–Trinajstić information content (AvgIpc) is 2.88. The van der Waals surface area contributed by atoms with Gasteiger partial charge >= 0.3 is 0 Å². The third-order valence-electron chi connectivity index (χ3n) is 5.68. The Morgan fingerprint density at radius 1 is 1.16 bits per heavy atom. The van der Waals surface area contributed by atoms with Crippen molar-refractivity contribution in [1.82, 2.24) is 4.90 Å². The summed E-state index contributed by atoms with van der Waals surface area (Å²) in [5.74, 6) is 0.116. The fourth-order valence-corrected chi connectivity index (χ4v) is 6.24. The molecule has 3 unspecified atom stereocenters. The van der Waals surface area contributed by atoms with Crippen LogP contribution < -0.4 is 0 Å². The molecule has 0 bridgehead atoms. The van der Waals surface area contributed by atoms with Crippen molar-refractivity contribution in [3.8, 4) is 0 Å². The molecule has 2 aliphatic heterocycles. The number of hydrogen-bond donors (Lipinski definition) is 0. The number of carbonyl (C=O) groups excluding carboxylic acids is 1. The molecule has 4 nitrogen and oxygen atoms in total. The van der Waals surface area contributed by atoms with E-state index in [2.05, 4.69) is 49.9 Å². The second kappa shape index (κ2) is 6.84. The van der Waals surface area contributed by atoms with Gasteiger partial charge in [0, 0.05) is 12.1 Å². The number of piperidine rings is 1. The van der Waals surface area contributed by atoms with E-state index in [1.165, 1.54) is 11.1 Å². The van der Waals surface area contributed by atoms with E-state index in [1.807, 2.05) is 0 Å². The van der Waals surface area contributed by atoms with Gasteiger partial charge in [0.2, 0.25) is 0 Å². The van der Waals surface area contributed by atoms with Crippen molar-refractivity contribution in [3.63, 3.8) is 0 Å². The summed E-state index contributed by atoms with van der Waals surface area (Å²) in [5, 5.41) is -0.821. The highest BCUT2D eigenvalue weighted by Gasteiger charge is 2.43. The van der Waals surface area contributed by atoms with Gasteiger partial charge in [-0.1, -0.05) is 51.5 Å². The molecule has 25 heavy (non-hydrogen) atoms. The van der Waals surface area contributed by atoms with Gasteiger partial charge in [-0.2, -0.15) is 0 Å². The number of nitrogens with zero attached hydrogens (tertiary/aromatic N) is 1. The Hall–Kier alpha value is -1.20. The fraction of sp³-hybridized carbons (Fsp3) is 0.650. The minimum atomic E-state index is -3.29. The molecule has 0 saturated carbocycles. The first-order valence-corrected chi connectivity index (χ1v) is 11.0. The van der Waals surface area contributed by atoms with Crippen molar-refractivity contribution in [1.29, 1.82) is 0 Å². The van der Waals surface area contributed by atoms with Crippen LogP contribution in [-0.4, -0.2) is 43.2 Å². The molecule has 1 aromatic rings. The maximum atomic E-state index is 12.3. The van der Waals surface area contributed by atoms with E-state index >= 15 is 0 Å². The maximum absolute atomic E-state index is 12.3. The molecule has 2 aliphatic rings. The SMILES string of the molecule is CC(C)(C)c1ccccc1C1CCCCN1C1CC(C=O)S(=O)(=O)C1. The van der Waals surface area contributed by atoms with E-state index in [9.17, 15) is 13.2 Å². The van der Waals surface area contributed by atoms with Crippen LogP contribution in [0.3, 0.4) is 0 Å².